The van der Waals surface area contributed by atoms with Crippen molar-refractivity contribution in [2.45, 2.75) is 5.72 Å². The number of nitrogens with zero attached hydrogens (tertiary/aromatic N) is 2. The van der Waals surface area contributed by atoms with Gasteiger partial charge in [-0.3, -0.25) is 9.69 Å². The molecule has 1 fully saturated rings. The van der Waals surface area contributed by atoms with Crippen LogP contribution in [0.2, 0.25) is 0 Å². The van der Waals surface area contributed by atoms with E-state index in [1.807, 2.05) is 23.1 Å². The number of hydrogen-bond acceptors (Lipinski definition) is 4. The average Bonchev–Trinajstić information content (AvgIpc) is 3.01. The molecule has 2 aromatic carbocycles. The molecule has 4 rings (SSSR count). The van der Waals surface area contributed by atoms with Crippen molar-refractivity contribution in [2.75, 3.05) is 37.7 Å². The van der Waals surface area contributed by atoms with Crippen molar-refractivity contribution in [3.05, 3.63) is 63.0 Å². The molecule has 1 saturated heterocycles. The number of benzene rings is 2. The molecular formula is C19H18FIN2O3. The van der Waals surface area contributed by atoms with Gasteiger partial charge in [0.2, 0.25) is 5.91 Å². The molecule has 0 aliphatic carbocycles. The van der Waals surface area contributed by atoms with E-state index < -0.39 is 5.72 Å². The summed E-state index contributed by atoms with van der Waals surface area (Å²) in [4.78, 5) is 16.3. The second-order valence-electron chi connectivity index (χ2n) is 6.32. The molecule has 2 heterocycles. The highest BCUT2D eigenvalue weighted by Crippen LogP contribution is 2.47. The van der Waals surface area contributed by atoms with Crippen LogP contribution < -0.4 is 4.90 Å². The van der Waals surface area contributed by atoms with Gasteiger partial charge in [-0.05, 0) is 46.9 Å². The van der Waals surface area contributed by atoms with Crippen molar-refractivity contribution >= 4 is 34.2 Å². The summed E-state index contributed by atoms with van der Waals surface area (Å²) in [7, 11) is 0. The smallest absolute Gasteiger partial charge is 0.241 e. The first-order valence-corrected chi connectivity index (χ1v) is 9.51. The van der Waals surface area contributed by atoms with E-state index in [9.17, 15) is 14.3 Å². The Balaban J connectivity index is 2.02. The quantitative estimate of drug-likeness (QED) is 0.703. The molecule has 26 heavy (non-hydrogen) atoms. The van der Waals surface area contributed by atoms with Crippen molar-refractivity contribution in [1.82, 2.24) is 4.90 Å². The van der Waals surface area contributed by atoms with Gasteiger partial charge in [0.1, 0.15) is 5.82 Å². The largest absolute Gasteiger partial charge is 0.395 e. The van der Waals surface area contributed by atoms with E-state index in [0.717, 1.165) is 9.13 Å². The minimum absolute atomic E-state index is 0.0968. The van der Waals surface area contributed by atoms with Crippen molar-refractivity contribution in [3.63, 3.8) is 0 Å². The number of hydrogen-bond donors (Lipinski definition) is 1. The summed E-state index contributed by atoms with van der Waals surface area (Å²) in [6.07, 6.45) is 0. The molecule has 1 atom stereocenters. The fourth-order valence-corrected chi connectivity index (χ4v) is 4.35. The molecule has 1 unspecified atom stereocenters. The number of halogens is 2. The summed E-state index contributed by atoms with van der Waals surface area (Å²) in [6, 6.07) is 12.2. The van der Waals surface area contributed by atoms with Crippen molar-refractivity contribution in [1.29, 1.82) is 0 Å². The number of aliphatic hydroxyl groups is 1. The standard InChI is InChI=1S/C19H18FIN2O3/c20-16-4-2-1-3-14(16)19-15-11-13(21)5-6-17(15)23(7-9-24)18(25)12-22(19)8-10-26-19/h1-6,11,24H,7-10,12H2. The zero-order chi connectivity index (χ0) is 18.3. The van der Waals surface area contributed by atoms with Crippen LogP contribution in [0.25, 0.3) is 0 Å². The van der Waals surface area contributed by atoms with E-state index in [1.54, 1.807) is 23.1 Å². The maximum absolute atomic E-state index is 14.8. The van der Waals surface area contributed by atoms with Gasteiger partial charge in [-0.15, -0.1) is 0 Å². The summed E-state index contributed by atoms with van der Waals surface area (Å²) in [5, 5.41) is 9.44. The number of amides is 1. The summed E-state index contributed by atoms with van der Waals surface area (Å²) >= 11 is 2.20. The van der Waals surface area contributed by atoms with Gasteiger partial charge in [0.25, 0.3) is 0 Å². The minimum atomic E-state index is -1.15. The highest BCUT2D eigenvalue weighted by Gasteiger charge is 2.51. The SMILES string of the molecule is O=C1CN2CCOC2(c2ccccc2F)c2cc(I)ccc2N1CCO. The molecule has 0 saturated carbocycles. The molecular weight excluding hydrogens is 450 g/mol. The summed E-state index contributed by atoms with van der Waals surface area (Å²) in [5.41, 5.74) is 0.629. The Morgan fingerprint density at radius 3 is 2.81 bits per heavy atom. The van der Waals surface area contributed by atoms with Gasteiger partial charge >= 0.3 is 0 Å². The van der Waals surface area contributed by atoms with Crippen LogP contribution >= 0.6 is 22.6 Å². The number of aliphatic hydroxyl groups excluding tert-OH is 1. The Hall–Kier alpha value is -1.55. The topological polar surface area (TPSA) is 53.0 Å². The molecule has 0 radical (unpaired) electrons. The highest BCUT2D eigenvalue weighted by atomic mass is 127. The Bertz CT molecular complexity index is 862. The van der Waals surface area contributed by atoms with E-state index >= 15 is 0 Å². The summed E-state index contributed by atoms with van der Waals surface area (Å²) < 4.78 is 22.0. The third-order valence-electron chi connectivity index (χ3n) is 4.92. The average molecular weight is 468 g/mol. The highest BCUT2D eigenvalue weighted by molar-refractivity contribution is 14.1. The van der Waals surface area contributed by atoms with Crippen molar-refractivity contribution < 1.29 is 19.0 Å². The minimum Gasteiger partial charge on any atom is -0.395 e. The summed E-state index contributed by atoms with van der Waals surface area (Å²) in [5.74, 6) is -0.502. The first kappa shape index (κ1) is 17.8. The van der Waals surface area contributed by atoms with E-state index in [0.29, 0.717) is 24.4 Å². The van der Waals surface area contributed by atoms with Gasteiger partial charge in [0.15, 0.2) is 5.72 Å². The van der Waals surface area contributed by atoms with E-state index in [1.165, 1.54) is 6.07 Å². The fraction of sp³-hybridized carbons (Fsp3) is 0.316. The van der Waals surface area contributed by atoms with E-state index in [4.69, 9.17) is 4.74 Å². The Morgan fingerprint density at radius 2 is 2.04 bits per heavy atom. The van der Waals surface area contributed by atoms with Gasteiger partial charge in [0.05, 0.1) is 25.4 Å². The lowest BCUT2D eigenvalue weighted by Crippen LogP contribution is -2.46. The fourth-order valence-electron chi connectivity index (χ4n) is 3.86. The summed E-state index contributed by atoms with van der Waals surface area (Å²) in [6.45, 7) is 1.07. The zero-order valence-electron chi connectivity index (χ0n) is 14.0. The Labute approximate surface area is 164 Å². The molecule has 0 aromatic heterocycles. The third kappa shape index (κ3) is 2.65. The molecule has 7 heteroatoms. The van der Waals surface area contributed by atoms with Gasteiger partial charge in [0, 0.05) is 27.8 Å². The van der Waals surface area contributed by atoms with Crippen LogP contribution in [-0.4, -0.2) is 48.8 Å². The maximum atomic E-state index is 14.8. The first-order chi connectivity index (χ1) is 12.6. The molecule has 2 aromatic rings. The molecule has 1 amide bonds. The number of ether oxygens (including phenoxy) is 1. The number of carbonyl (C=O) groups excluding carboxylic acids is 1. The van der Waals surface area contributed by atoms with Crippen LogP contribution in [-0.2, 0) is 15.3 Å². The molecule has 136 valence electrons. The van der Waals surface area contributed by atoms with E-state index in [-0.39, 0.29) is 31.4 Å². The second-order valence-corrected chi connectivity index (χ2v) is 7.57. The number of rotatable bonds is 3. The lowest BCUT2D eigenvalue weighted by atomic mass is 9.91. The van der Waals surface area contributed by atoms with Gasteiger partial charge in [-0.1, -0.05) is 18.2 Å². The van der Waals surface area contributed by atoms with Crippen LogP contribution in [0.3, 0.4) is 0 Å². The normalized spacial score (nSPS) is 22.9. The molecule has 0 bridgehead atoms. The monoisotopic (exact) mass is 468 g/mol. The van der Waals surface area contributed by atoms with Gasteiger partial charge in [-0.25, -0.2) is 4.39 Å². The van der Waals surface area contributed by atoms with Crippen LogP contribution in [0.15, 0.2) is 42.5 Å². The predicted molar refractivity (Wildman–Crippen MR) is 103 cm³/mol. The number of carbonyl (C=O) groups is 1. The number of fused-ring (bicyclic) bond motifs is 3. The second kappa shape index (κ2) is 6.88. The Kier molecular flexibility index (Phi) is 4.72. The molecule has 5 nitrogen and oxygen atoms in total. The Morgan fingerprint density at radius 1 is 1.23 bits per heavy atom. The number of anilines is 1. The van der Waals surface area contributed by atoms with Gasteiger partial charge in [-0.2, -0.15) is 0 Å². The third-order valence-corrected chi connectivity index (χ3v) is 5.59. The lowest BCUT2D eigenvalue weighted by molar-refractivity contribution is -0.123. The maximum Gasteiger partial charge on any atom is 0.241 e. The molecule has 2 aliphatic heterocycles. The molecule has 1 N–H and O–H groups in total. The number of β-amino-alcohol motifs (C(OH)–C–C–N with tert-alkyl or cyclic N) is 1. The van der Waals surface area contributed by atoms with Crippen molar-refractivity contribution in [2.24, 2.45) is 0 Å². The molecule has 2 aliphatic rings. The van der Waals surface area contributed by atoms with Crippen LogP contribution in [0.5, 0.6) is 0 Å². The van der Waals surface area contributed by atoms with Gasteiger partial charge < -0.3 is 14.7 Å². The lowest BCUT2D eigenvalue weighted by Gasteiger charge is -2.37. The predicted octanol–water partition coefficient (Wildman–Crippen LogP) is 2.30. The van der Waals surface area contributed by atoms with Crippen molar-refractivity contribution in [3.8, 4) is 0 Å². The first-order valence-electron chi connectivity index (χ1n) is 8.43. The zero-order valence-corrected chi connectivity index (χ0v) is 16.1. The molecule has 0 spiro atoms. The van der Waals surface area contributed by atoms with Crippen LogP contribution in [0, 0.1) is 9.39 Å². The van der Waals surface area contributed by atoms with Crippen LogP contribution in [0.1, 0.15) is 11.1 Å². The van der Waals surface area contributed by atoms with E-state index in [2.05, 4.69) is 22.6 Å². The van der Waals surface area contributed by atoms with Crippen LogP contribution in [0.4, 0.5) is 10.1 Å².